The van der Waals surface area contributed by atoms with Crippen molar-refractivity contribution in [1.29, 1.82) is 0 Å². The van der Waals surface area contributed by atoms with Crippen LogP contribution in [0.3, 0.4) is 0 Å². The van der Waals surface area contributed by atoms with Gasteiger partial charge >= 0.3 is 17.9 Å². The van der Waals surface area contributed by atoms with Gasteiger partial charge < -0.3 is 14.2 Å². The minimum absolute atomic E-state index is 0.111. The quantitative estimate of drug-likeness (QED) is 0.0264. The van der Waals surface area contributed by atoms with Crippen molar-refractivity contribution < 1.29 is 28.6 Å². The molecule has 0 spiro atoms. The summed E-state index contributed by atoms with van der Waals surface area (Å²) >= 11 is 0. The van der Waals surface area contributed by atoms with Crippen molar-refractivity contribution in [1.82, 2.24) is 0 Å². The lowest BCUT2D eigenvalue weighted by atomic mass is 10.1. The molecular formula is C52H90O6. The van der Waals surface area contributed by atoms with Gasteiger partial charge in [0, 0.05) is 19.3 Å². The van der Waals surface area contributed by atoms with Gasteiger partial charge in [0.25, 0.3) is 0 Å². The minimum atomic E-state index is -0.820. The highest BCUT2D eigenvalue weighted by Gasteiger charge is 2.19. The smallest absolute Gasteiger partial charge is 0.306 e. The average molecular weight is 811 g/mol. The summed E-state index contributed by atoms with van der Waals surface area (Å²) in [7, 11) is 0. The molecule has 0 aromatic rings. The second-order valence-electron chi connectivity index (χ2n) is 16.0. The van der Waals surface area contributed by atoms with Crippen molar-refractivity contribution in [3.05, 3.63) is 60.8 Å². The molecule has 58 heavy (non-hydrogen) atoms. The molecule has 0 rings (SSSR count). The number of hydrogen-bond acceptors (Lipinski definition) is 6. The van der Waals surface area contributed by atoms with Gasteiger partial charge in [0.15, 0.2) is 6.10 Å². The van der Waals surface area contributed by atoms with E-state index < -0.39 is 12.1 Å². The zero-order chi connectivity index (χ0) is 42.3. The zero-order valence-corrected chi connectivity index (χ0v) is 38.0. The standard InChI is InChI=1S/C52H90O6/c1-4-7-10-13-16-19-22-24-25-26-27-29-30-33-36-39-42-45-51(54)57-48-49(47-56-50(53)44-41-38-35-32-21-18-15-12-9-6-3)58-52(55)46-43-40-37-34-31-28-23-20-17-14-11-8-5-2/h24-25,27-29,31,33,36-37,40,49H,4-23,26,30,32,34-35,38-39,41-48H2,1-3H3/b25-24-,29-27-,31-28-,36-33-,40-37-. The van der Waals surface area contributed by atoms with Crippen LogP contribution in [-0.4, -0.2) is 37.2 Å². The summed E-state index contributed by atoms with van der Waals surface area (Å²) in [6.07, 6.45) is 56.5. The molecule has 0 aliphatic carbocycles. The summed E-state index contributed by atoms with van der Waals surface area (Å²) < 4.78 is 16.6. The Hall–Kier alpha value is -2.89. The summed E-state index contributed by atoms with van der Waals surface area (Å²) in [6.45, 7) is 6.51. The Morgan fingerprint density at radius 3 is 1.10 bits per heavy atom. The molecule has 0 amide bonds. The molecule has 334 valence electrons. The number of allylic oxidation sites excluding steroid dienone is 10. The van der Waals surface area contributed by atoms with Gasteiger partial charge in [-0.25, -0.2) is 0 Å². The predicted octanol–water partition coefficient (Wildman–Crippen LogP) is 15.7. The van der Waals surface area contributed by atoms with Crippen molar-refractivity contribution in [3.8, 4) is 0 Å². The van der Waals surface area contributed by atoms with Gasteiger partial charge in [-0.1, -0.05) is 204 Å². The molecule has 0 fully saturated rings. The van der Waals surface area contributed by atoms with E-state index in [0.29, 0.717) is 19.3 Å². The van der Waals surface area contributed by atoms with E-state index >= 15 is 0 Å². The Labute approximate surface area is 358 Å². The number of rotatable bonds is 43. The summed E-state index contributed by atoms with van der Waals surface area (Å²) in [5.41, 5.74) is 0. The lowest BCUT2D eigenvalue weighted by molar-refractivity contribution is -0.166. The molecule has 0 bridgehead atoms. The van der Waals surface area contributed by atoms with Crippen molar-refractivity contribution in [2.75, 3.05) is 13.2 Å². The monoisotopic (exact) mass is 811 g/mol. The van der Waals surface area contributed by atoms with Gasteiger partial charge in [-0.3, -0.25) is 14.4 Å². The molecule has 0 aromatic heterocycles. The van der Waals surface area contributed by atoms with E-state index in [-0.39, 0.29) is 38.0 Å². The summed E-state index contributed by atoms with van der Waals surface area (Å²) in [5.74, 6) is -1.04. The van der Waals surface area contributed by atoms with E-state index in [4.69, 9.17) is 14.2 Å². The van der Waals surface area contributed by atoms with Crippen LogP contribution < -0.4 is 0 Å². The molecule has 0 N–H and O–H groups in total. The number of esters is 3. The summed E-state index contributed by atoms with van der Waals surface area (Å²) in [4.78, 5) is 37.7. The summed E-state index contributed by atoms with van der Waals surface area (Å²) in [6, 6.07) is 0. The minimum Gasteiger partial charge on any atom is -0.462 e. The fourth-order valence-electron chi connectivity index (χ4n) is 6.57. The largest absolute Gasteiger partial charge is 0.462 e. The first-order valence-corrected chi connectivity index (χ1v) is 24.3. The third-order valence-corrected chi connectivity index (χ3v) is 10.3. The fourth-order valence-corrected chi connectivity index (χ4v) is 6.57. The van der Waals surface area contributed by atoms with Crippen LogP contribution in [0.1, 0.15) is 233 Å². The molecule has 0 aliphatic heterocycles. The first-order chi connectivity index (χ1) is 28.5. The van der Waals surface area contributed by atoms with Crippen LogP contribution >= 0.6 is 0 Å². The molecule has 1 unspecified atom stereocenters. The Morgan fingerprint density at radius 2 is 0.672 bits per heavy atom. The third-order valence-electron chi connectivity index (χ3n) is 10.3. The van der Waals surface area contributed by atoms with E-state index in [1.165, 1.54) is 128 Å². The topological polar surface area (TPSA) is 78.9 Å². The van der Waals surface area contributed by atoms with Crippen LogP contribution in [0, 0.1) is 0 Å². The van der Waals surface area contributed by atoms with Gasteiger partial charge in [-0.05, 0) is 70.6 Å². The van der Waals surface area contributed by atoms with E-state index in [2.05, 4.69) is 75.5 Å². The van der Waals surface area contributed by atoms with Gasteiger partial charge in [-0.15, -0.1) is 0 Å². The van der Waals surface area contributed by atoms with Gasteiger partial charge in [0.1, 0.15) is 13.2 Å². The van der Waals surface area contributed by atoms with Crippen molar-refractivity contribution in [2.45, 2.75) is 239 Å². The number of hydrogen-bond donors (Lipinski definition) is 0. The Balaban J connectivity index is 4.50. The molecule has 0 saturated heterocycles. The molecule has 0 saturated carbocycles. The fraction of sp³-hybridized carbons (Fsp3) is 0.750. The van der Waals surface area contributed by atoms with Crippen LogP contribution in [0.5, 0.6) is 0 Å². The van der Waals surface area contributed by atoms with Gasteiger partial charge in [0.05, 0.1) is 0 Å². The number of ether oxygens (including phenoxy) is 3. The van der Waals surface area contributed by atoms with Crippen LogP contribution in [0.4, 0.5) is 0 Å². The van der Waals surface area contributed by atoms with Crippen LogP contribution in [0.2, 0.25) is 0 Å². The highest BCUT2D eigenvalue weighted by atomic mass is 16.6. The van der Waals surface area contributed by atoms with Gasteiger partial charge in [0.2, 0.25) is 0 Å². The molecule has 6 nitrogen and oxygen atoms in total. The number of carbonyl (C=O) groups excluding carboxylic acids is 3. The highest BCUT2D eigenvalue weighted by Crippen LogP contribution is 2.13. The Bertz CT molecular complexity index is 1070. The molecule has 0 aliphatic rings. The Morgan fingerprint density at radius 1 is 0.345 bits per heavy atom. The maximum absolute atomic E-state index is 12.7. The molecule has 0 heterocycles. The van der Waals surface area contributed by atoms with Crippen molar-refractivity contribution in [2.24, 2.45) is 0 Å². The first kappa shape index (κ1) is 55.1. The molecule has 0 aromatic carbocycles. The SMILES string of the molecule is CCCCCCCC/C=C\C/C=C\C/C=C\CCCC(=O)OCC(COC(=O)CCCCCCCCCCCC)OC(=O)CC/C=C\C/C=C\CCCCCCCC. The lowest BCUT2D eigenvalue weighted by Gasteiger charge is -2.18. The Kier molecular flexibility index (Phi) is 44.5. The van der Waals surface area contributed by atoms with E-state index in [0.717, 1.165) is 51.4 Å². The average Bonchev–Trinajstić information content (AvgIpc) is 3.22. The maximum Gasteiger partial charge on any atom is 0.306 e. The molecule has 1 atom stereocenters. The highest BCUT2D eigenvalue weighted by molar-refractivity contribution is 5.71. The second kappa shape index (κ2) is 46.8. The van der Waals surface area contributed by atoms with E-state index in [1.54, 1.807) is 0 Å². The van der Waals surface area contributed by atoms with E-state index in [1.807, 2.05) is 6.08 Å². The van der Waals surface area contributed by atoms with Crippen LogP contribution in [0.25, 0.3) is 0 Å². The second-order valence-corrected chi connectivity index (χ2v) is 16.0. The molecule has 0 radical (unpaired) electrons. The zero-order valence-electron chi connectivity index (χ0n) is 38.0. The van der Waals surface area contributed by atoms with Crippen LogP contribution in [0.15, 0.2) is 60.8 Å². The van der Waals surface area contributed by atoms with Crippen molar-refractivity contribution in [3.63, 3.8) is 0 Å². The molecular weight excluding hydrogens is 721 g/mol. The van der Waals surface area contributed by atoms with Crippen LogP contribution in [-0.2, 0) is 28.6 Å². The lowest BCUT2D eigenvalue weighted by Crippen LogP contribution is -2.30. The predicted molar refractivity (Wildman–Crippen MR) is 247 cm³/mol. The van der Waals surface area contributed by atoms with Crippen molar-refractivity contribution >= 4 is 17.9 Å². The first-order valence-electron chi connectivity index (χ1n) is 24.3. The normalized spacial score (nSPS) is 12.5. The number of carbonyl (C=O) groups is 3. The summed E-state index contributed by atoms with van der Waals surface area (Å²) in [5, 5.41) is 0. The van der Waals surface area contributed by atoms with E-state index in [9.17, 15) is 14.4 Å². The molecule has 6 heteroatoms. The van der Waals surface area contributed by atoms with Gasteiger partial charge in [-0.2, -0.15) is 0 Å². The maximum atomic E-state index is 12.7. The third kappa shape index (κ3) is 44.2. The number of unbranched alkanes of at least 4 members (excludes halogenated alkanes) is 22.